The number of furan rings is 1. The number of amides is 4. The minimum absolute atomic E-state index is 0.0738. The van der Waals surface area contributed by atoms with Gasteiger partial charge in [-0.1, -0.05) is 6.07 Å². The second-order valence-electron chi connectivity index (χ2n) is 9.13. The number of methoxy groups -OCH3 is 1. The van der Waals surface area contributed by atoms with Gasteiger partial charge in [0, 0.05) is 17.5 Å². The molecule has 12 nitrogen and oxygen atoms in total. The SMILES string of the molecule is COc1ccc2c(c1)C(=O)N(C[C@@]1(c3cc4cc(N5CC(=O)CS5(=O)=O)ccc4o3)NC(=O)NC1=O)C2. The molecule has 190 valence electrons. The van der Waals surface area contributed by atoms with Crippen molar-refractivity contribution in [3.05, 3.63) is 59.4 Å². The van der Waals surface area contributed by atoms with Crippen LogP contribution in [0.3, 0.4) is 0 Å². The summed E-state index contributed by atoms with van der Waals surface area (Å²) in [7, 11) is -2.27. The molecule has 3 aromatic rings. The van der Waals surface area contributed by atoms with Gasteiger partial charge < -0.3 is 19.4 Å². The second kappa shape index (κ2) is 7.80. The van der Waals surface area contributed by atoms with Crippen LogP contribution in [0.15, 0.2) is 46.9 Å². The smallest absolute Gasteiger partial charge is 0.322 e. The lowest BCUT2D eigenvalue weighted by Crippen LogP contribution is -2.52. The van der Waals surface area contributed by atoms with E-state index in [1.165, 1.54) is 36.3 Å². The molecular formula is C24H20N4O8S. The van der Waals surface area contributed by atoms with Crippen molar-refractivity contribution in [1.29, 1.82) is 0 Å². The highest BCUT2D eigenvalue weighted by Crippen LogP contribution is 2.36. The van der Waals surface area contributed by atoms with Crippen molar-refractivity contribution in [2.24, 2.45) is 0 Å². The topological polar surface area (TPSA) is 155 Å². The Morgan fingerprint density at radius 3 is 2.54 bits per heavy atom. The number of nitrogens with one attached hydrogen (secondary N) is 2. The lowest BCUT2D eigenvalue weighted by molar-refractivity contribution is -0.125. The van der Waals surface area contributed by atoms with E-state index in [4.69, 9.17) is 9.15 Å². The molecule has 6 rings (SSSR count). The zero-order valence-corrected chi connectivity index (χ0v) is 20.3. The monoisotopic (exact) mass is 524 g/mol. The highest BCUT2D eigenvalue weighted by atomic mass is 32.2. The van der Waals surface area contributed by atoms with E-state index in [1.807, 2.05) is 0 Å². The number of Topliss-reactive ketones (excluding diaryl/α,β-unsaturated/α-hetero) is 1. The molecule has 2 fully saturated rings. The average Bonchev–Trinajstić information content (AvgIpc) is 3.56. The van der Waals surface area contributed by atoms with Crippen LogP contribution in [0.2, 0.25) is 0 Å². The number of carbonyl (C=O) groups excluding carboxylic acids is 4. The third-order valence-corrected chi connectivity index (χ3v) is 8.47. The highest BCUT2D eigenvalue weighted by molar-refractivity contribution is 7.94. The van der Waals surface area contributed by atoms with Crippen molar-refractivity contribution in [3.63, 3.8) is 0 Å². The van der Waals surface area contributed by atoms with Gasteiger partial charge in [-0.15, -0.1) is 0 Å². The summed E-state index contributed by atoms with van der Waals surface area (Å²) in [6, 6.07) is 10.5. The van der Waals surface area contributed by atoms with Crippen LogP contribution in [0.4, 0.5) is 10.5 Å². The van der Waals surface area contributed by atoms with Crippen LogP contribution in [-0.2, 0) is 31.7 Å². The Kier molecular flexibility index (Phi) is 4.86. The molecular weight excluding hydrogens is 504 g/mol. The van der Waals surface area contributed by atoms with Crippen molar-refractivity contribution < 1.29 is 36.7 Å². The van der Waals surface area contributed by atoms with E-state index < -0.39 is 39.0 Å². The molecule has 3 aliphatic rings. The van der Waals surface area contributed by atoms with E-state index in [1.54, 1.807) is 18.2 Å². The van der Waals surface area contributed by atoms with E-state index in [2.05, 4.69) is 10.6 Å². The van der Waals surface area contributed by atoms with Gasteiger partial charge in [-0.05, 0) is 42.0 Å². The first-order chi connectivity index (χ1) is 17.6. The molecule has 37 heavy (non-hydrogen) atoms. The number of carbonyl (C=O) groups is 4. The Bertz CT molecular complexity index is 1650. The molecule has 13 heteroatoms. The molecule has 0 aliphatic carbocycles. The lowest BCUT2D eigenvalue weighted by atomic mass is 9.95. The summed E-state index contributed by atoms with van der Waals surface area (Å²) in [6.45, 7) is -0.250. The molecule has 0 bridgehead atoms. The fraction of sp³-hybridized carbons (Fsp3) is 0.250. The fourth-order valence-corrected chi connectivity index (χ4v) is 6.40. The first-order valence-electron chi connectivity index (χ1n) is 11.3. The van der Waals surface area contributed by atoms with Crippen LogP contribution in [-0.4, -0.2) is 62.9 Å². The van der Waals surface area contributed by atoms with Crippen LogP contribution < -0.4 is 19.7 Å². The average molecular weight is 525 g/mol. The molecule has 2 N–H and O–H groups in total. The van der Waals surface area contributed by atoms with Crippen LogP contribution in [0.1, 0.15) is 21.7 Å². The summed E-state index contributed by atoms with van der Waals surface area (Å²) in [5.74, 6) is -1.40. The van der Waals surface area contributed by atoms with Gasteiger partial charge in [0.1, 0.15) is 22.8 Å². The van der Waals surface area contributed by atoms with Crippen LogP contribution >= 0.6 is 0 Å². The molecule has 4 amide bonds. The molecule has 0 radical (unpaired) electrons. The van der Waals surface area contributed by atoms with Gasteiger partial charge >= 0.3 is 6.03 Å². The van der Waals surface area contributed by atoms with E-state index >= 15 is 0 Å². The Morgan fingerprint density at radius 2 is 1.86 bits per heavy atom. The molecule has 4 heterocycles. The Hall–Kier alpha value is -4.39. The molecule has 0 saturated carbocycles. The summed E-state index contributed by atoms with van der Waals surface area (Å²) in [6.07, 6.45) is 0. The number of ether oxygens (including phenoxy) is 1. The molecule has 1 atom stereocenters. The summed E-state index contributed by atoms with van der Waals surface area (Å²) in [5, 5.41) is 5.29. The number of benzene rings is 2. The number of hydrogen-bond donors (Lipinski definition) is 2. The zero-order valence-electron chi connectivity index (χ0n) is 19.4. The van der Waals surface area contributed by atoms with Gasteiger partial charge in [0.2, 0.25) is 10.0 Å². The maximum absolute atomic E-state index is 13.2. The van der Waals surface area contributed by atoms with Gasteiger partial charge in [0.15, 0.2) is 11.3 Å². The van der Waals surface area contributed by atoms with Crippen molar-refractivity contribution in [1.82, 2.24) is 15.5 Å². The normalized spacial score (nSPS) is 22.5. The van der Waals surface area contributed by atoms with Crippen molar-refractivity contribution >= 4 is 50.3 Å². The number of imide groups is 1. The Morgan fingerprint density at radius 1 is 1.05 bits per heavy atom. The molecule has 0 spiro atoms. The third kappa shape index (κ3) is 3.53. The van der Waals surface area contributed by atoms with E-state index in [-0.39, 0.29) is 37.0 Å². The Labute approximate surface area is 210 Å². The van der Waals surface area contributed by atoms with Crippen molar-refractivity contribution in [2.75, 3.05) is 30.3 Å². The molecule has 2 aromatic carbocycles. The number of nitrogens with zero attached hydrogens (tertiary/aromatic N) is 2. The number of ketones is 1. The second-order valence-corrected chi connectivity index (χ2v) is 11.0. The van der Waals surface area contributed by atoms with E-state index in [9.17, 15) is 27.6 Å². The minimum atomic E-state index is -3.77. The maximum Gasteiger partial charge on any atom is 0.322 e. The maximum atomic E-state index is 13.2. The largest absolute Gasteiger partial charge is 0.497 e. The van der Waals surface area contributed by atoms with Crippen LogP contribution in [0.25, 0.3) is 11.0 Å². The van der Waals surface area contributed by atoms with Gasteiger partial charge in [0.25, 0.3) is 11.8 Å². The van der Waals surface area contributed by atoms with Gasteiger partial charge in [0.05, 0.1) is 25.9 Å². The first-order valence-corrected chi connectivity index (χ1v) is 12.9. The first kappa shape index (κ1) is 23.0. The van der Waals surface area contributed by atoms with Crippen molar-refractivity contribution in [3.8, 4) is 5.75 Å². The van der Waals surface area contributed by atoms with Crippen molar-refractivity contribution in [2.45, 2.75) is 12.1 Å². The third-order valence-electron chi connectivity index (χ3n) is 6.77. The predicted octanol–water partition coefficient (Wildman–Crippen LogP) is 0.851. The Balaban J connectivity index is 1.37. The highest BCUT2D eigenvalue weighted by Gasteiger charge is 2.53. The number of hydrogen-bond acceptors (Lipinski definition) is 8. The lowest BCUT2D eigenvalue weighted by Gasteiger charge is -2.29. The number of urea groups is 1. The molecule has 1 aromatic heterocycles. The quantitative estimate of drug-likeness (QED) is 0.466. The number of fused-ring (bicyclic) bond motifs is 2. The standard InChI is InChI=1S/C24H20N4O8S/c1-35-17-4-2-13-9-27(21(30)18(13)8-17)12-24(22(31)25-23(32)26-24)20-7-14-6-15(3-5-19(14)36-20)28-10-16(29)11-37(28,33)34/h2-8H,9-12H2,1H3,(H2,25,26,31,32)/t24-/m0/s1. The summed E-state index contributed by atoms with van der Waals surface area (Å²) >= 11 is 0. The zero-order chi connectivity index (χ0) is 26.1. The molecule has 2 saturated heterocycles. The summed E-state index contributed by atoms with van der Waals surface area (Å²) < 4.78 is 36.9. The van der Waals surface area contributed by atoms with Crippen LogP contribution in [0.5, 0.6) is 5.75 Å². The number of anilines is 1. The van der Waals surface area contributed by atoms with Gasteiger partial charge in [-0.2, -0.15) is 0 Å². The van der Waals surface area contributed by atoms with E-state index in [0.717, 1.165) is 9.87 Å². The predicted molar refractivity (Wildman–Crippen MR) is 128 cm³/mol. The summed E-state index contributed by atoms with van der Waals surface area (Å²) in [5.41, 5.74) is 0.0824. The van der Waals surface area contributed by atoms with Crippen LogP contribution in [0, 0.1) is 0 Å². The number of rotatable bonds is 5. The number of sulfonamides is 1. The fourth-order valence-electron chi connectivity index (χ4n) is 4.97. The molecule has 3 aliphatic heterocycles. The van der Waals surface area contributed by atoms with Gasteiger partial charge in [-0.25, -0.2) is 13.2 Å². The van der Waals surface area contributed by atoms with E-state index in [0.29, 0.717) is 22.3 Å². The molecule has 0 unspecified atom stereocenters. The minimum Gasteiger partial charge on any atom is -0.497 e. The van der Waals surface area contributed by atoms with Gasteiger partial charge in [-0.3, -0.25) is 24.0 Å². The summed E-state index contributed by atoms with van der Waals surface area (Å²) in [4.78, 5) is 51.7.